The van der Waals surface area contributed by atoms with E-state index in [-0.39, 0.29) is 30.2 Å². The summed E-state index contributed by atoms with van der Waals surface area (Å²) in [5.74, 6) is -0.489. The molecule has 132 valence electrons. The number of hydrogen-bond acceptors (Lipinski definition) is 2. The zero-order valence-electron chi connectivity index (χ0n) is 14.0. The lowest BCUT2D eigenvalue weighted by atomic mass is 10.1. The molecule has 0 aromatic heterocycles. The van der Waals surface area contributed by atoms with Gasteiger partial charge in [0.1, 0.15) is 12.4 Å². The van der Waals surface area contributed by atoms with Crippen molar-refractivity contribution in [3.63, 3.8) is 0 Å². The fraction of sp³-hybridized carbons (Fsp3) is 0.316. The van der Waals surface area contributed by atoms with Gasteiger partial charge in [-0.1, -0.05) is 24.3 Å². The number of carbonyl (C=O) groups excluding carboxylic acids is 1. The van der Waals surface area contributed by atoms with Crippen LogP contribution >= 0.6 is 0 Å². The Kier molecular flexibility index (Phi) is 5.16. The largest absolute Gasteiger partial charge is 0.489 e. The quantitative estimate of drug-likeness (QED) is 0.897. The molecular formula is C19H20F2N2O2. The lowest BCUT2D eigenvalue weighted by Gasteiger charge is -2.21. The number of fused-ring (bicyclic) bond motifs is 1. The minimum Gasteiger partial charge on any atom is -0.489 e. The van der Waals surface area contributed by atoms with Gasteiger partial charge in [0.05, 0.1) is 12.6 Å². The van der Waals surface area contributed by atoms with E-state index in [1.807, 2.05) is 6.07 Å². The molecule has 2 aromatic rings. The molecule has 0 fully saturated rings. The number of ether oxygens (including phenoxy) is 1. The first-order chi connectivity index (χ1) is 12.1. The Morgan fingerprint density at radius 3 is 2.76 bits per heavy atom. The van der Waals surface area contributed by atoms with Gasteiger partial charge in [-0.2, -0.15) is 0 Å². The van der Waals surface area contributed by atoms with E-state index >= 15 is 0 Å². The molecule has 4 nitrogen and oxygen atoms in total. The number of nitrogens with zero attached hydrogens (tertiary/aromatic N) is 1. The molecule has 25 heavy (non-hydrogen) atoms. The maximum absolute atomic E-state index is 13.8. The topological polar surface area (TPSA) is 41.6 Å². The number of nitrogens with one attached hydrogen (secondary N) is 1. The zero-order valence-corrected chi connectivity index (χ0v) is 14.0. The van der Waals surface area contributed by atoms with E-state index in [0.29, 0.717) is 24.9 Å². The molecule has 0 spiro atoms. The molecule has 3 rings (SSSR count). The number of rotatable bonds is 5. The standard InChI is InChI=1S/C19H20F2N2O2/c1-23(11-12-25-18-8-3-2-6-16(18)21)19(24)22-17-10-9-13-14(17)5-4-7-15(13)20/h2-8,17H,9-12H2,1H3,(H,22,24). The van der Waals surface area contributed by atoms with Gasteiger partial charge in [-0.15, -0.1) is 0 Å². The summed E-state index contributed by atoms with van der Waals surface area (Å²) in [7, 11) is 1.64. The molecule has 1 aliphatic rings. The van der Waals surface area contributed by atoms with Crippen molar-refractivity contribution >= 4 is 6.03 Å². The molecule has 0 aliphatic heterocycles. The Balaban J connectivity index is 1.51. The normalized spacial score (nSPS) is 15.6. The van der Waals surface area contributed by atoms with Crippen molar-refractivity contribution in [3.05, 3.63) is 65.2 Å². The van der Waals surface area contributed by atoms with Crippen LogP contribution in [0.15, 0.2) is 42.5 Å². The van der Waals surface area contributed by atoms with E-state index in [4.69, 9.17) is 4.74 Å². The highest BCUT2D eigenvalue weighted by Gasteiger charge is 2.26. The van der Waals surface area contributed by atoms with Crippen LogP contribution < -0.4 is 10.1 Å². The van der Waals surface area contributed by atoms with Crippen molar-refractivity contribution in [1.82, 2.24) is 10.2 Å². The highest BCUT2D eigenvalue weighted by molar-refractivity contribution is 5.74. The molecule has 2 aromatic carbocycles. The number of para-hydroxylation sites is 1. The molecule has 1 N–H and O–H groups in total. The van der Waals surface area contributed by atoms with Crippen LogP contribution in [0.25, 0.3) is 0 Å². The molecule has 0 heterocycles. The van der Waals surface area contributed by atoms with Gasteiger partial charge in [0.2, 0.25) is 0 Å². The van der Waals surface area contributed by atoms with Gasteiger partial charge in [0, 0.05) is 7.05 Å². The lowest BCUT2D eigenvalue weighted by Crippen LogP contribution is -2.40. The number of benzene rings is 2. The summed E-state index contributed by atoms with van der Waals surface area (Å²) in [6, 6.07) is 10.6. The molecule has 1 aliphatic carbocycles. The van der Waals surface area contributed by atoms with Gasteiger partial charge >= 0.3 is 6.03 Å². The summed E-state index contributed by atoms with van der Waals surface area (Å²) < 4.78 is 32.6. The average Bonchev–Trinajstić information content (AvgIpc) is 3.01. The molecule has 2 amide bonds. The first-order valence-electron chi connectivity index (χ1n) is 8.22. The molecular weight excluding hydrogens is 326 g/mol. The van der Waals surface area contributed by atoms with Crippen LogP contribution in [-0.4, -0.2) is 31.1 Å². The number of likely N-dealkylation sites (N-methyl/N-ethyl adjacent to an activating group) is 1. The number of hydrogen-bond donors (Lipinski definition) is 1. The second-order valence-electron chi connectivity index (χ2n) is 6.05. The minimum atomic E-state index is -0.431. The van der Waals surface area contributed by atoms with Crippen LogP contribution in [0.1, 0.15) is 23.6 Å². The second kappa shape index (κ2) is 7.51. The Bertz CT molecular complexity index is 767. The summed E-state index contributed by atoms with van der Waals surface area (Å²) in [5, 5.41) is 2.91. The third-order valence-corrected chi connectivity index (χ3v) is 4.38. The Labute approximate surface area is 145 Å². The van der Waals surface area contributed by atoms with Gasteiger partial charge in [0.15, 0.2) is 11.6 Å². The molecule has 6 heteroatoms. The van der Waals surface area contributed by atoms with Gasteiger partial charge < -0.3 is 15.0 Å². The number of urea groups is 1. The zero-order chi connectivity index (χ0) is 17.8. The maximum Gasteiger partial charge on any atom is 0.317 e. The van der Waals surface area contributed by atoms with Crippen molar-refractivity contribution < 1.29 is 18.3 Å². The van der Waals surface area contributed by atoms with E-state index in [9.17, 15) is 13.6 Å². The van der Waals surface area contributed by atoms with E-state index in [1.165, 1.54) is 17.0 Å². The monoisotopic (exact) mass is 346 g/mol. The summed E-state index contributed by atoms with van der Waals surface area (Å²) in [4.78, 5) is 13.8. The highest BCUT2D eigenvalue weighted by Crippen LogP contribution is 2.32. The minimum absolute atomic E-state index is 0.163. The number of halogens is 2. The van der Waals surface area contributed by atoms with Crippen LogP contribution in [0.5, 0.6) is 5.75 Å². The predicted molar refractivity (Wildman–Crippen MR) is 90.5 cm³/mol. The van der Waals surface area contributed by atoms with E-state index in [2.05, 4.69) is 5.32 Å². The Morgan fingerprint density at radius 1 is 1.20 bits per heavy atom. The van der Waals surface area contributed by atoms with Crippen LogP contribution in [-0.2, 0) is 6.42 Å². The summed E-state index contributed by atoms with van der Waals surface area (Å²) >= 11 is 0. The van der Waals surface area contributed by atoms with Crippen molar-refractivity contribution in [2.45, 2.75) is 18.9 Å². The van der Waals surface area contributed by atoms with E-state index < -0.39 is 5.82 Å². The molecule has 1 atom stereocenters. The second-order valence-corrected chi connectivity index (χ2v) is 6.05. The van der Waals surface area contributed by atoms with Crippen LogP contribution in [0.4, 0.5) is 13.6 Å². The molecule has 0 saturated carbocycles. The fourth-order valence-electron chi connectivity index (χ4n) is 2.97. The van der Waals surface area contributed by atoms with Gasteiger partial charge in [0.25, 0.3) is 0 Å². The lowest BCUT2D eigenvalue weighted by molar-refractivity contribution is 0.190. The smallest absolute Gasteiger partial charge is 0.317 e. The first kappa shape index (κ1) is 17.2. The number of carbonyl (C=O) groups is 1. The third kappa shape index (κ3) is 3.90. The Morgan fingerprint density at radius 2 is 1.96 bits per heavy atom. The van der Waals surface area contributed by atoms with Crippen LogP contribution in [0.3, 0.4) is 0 Å². The molecule has 0 bridgehead atoms. The maximum atomic E-state index is 13.8. The van der Waals surface area contributed by atoms with Crippen LogP contribution in [0.2, 0.25) is 0 Å². The van der Waals surface area contributed by atoms with Crippen LogP contribution in [0, 0.1) is 11.6 Å². The van der Waals surface area contributed by atoms with Crippen molar-refractivity contribution in [2.24, 2.45) is 0 Å². The van der Waals surface area contributed by atoms with Gasteiger partial charge in [-0.3, -0.25) is 0 Å². The van der Waals surface area contributed by atoms with Crippen molar-refractivity contribution in [2.75, 3.05) is 20.2 Å². The fourth-order valence-corrected chi connectivity index (χ4v) is 2.97. The van der Waals surface area contributed by atoms with Crippen molar-refractivity contribution in [3.8, 4) is 5.75 Å². The van der Waals surface area contributed by atoms with E-state index in [1.54, 1.807) is 31.3 Å². The molecule has 0 radical (unpaired) electrons. The highest BCUT2D eigenvalue weighted by atomic mass is 19.1. The van der Waals surface area contributed by atoms with Gasteiger partial charge in [-0.25, -0.2) is 13.6 Å². The SMILES string of the molecule is CN(CCOc1ccccc1F)C(=O)NC1CCc2c(F)cccc21. The van der Waals surface area contributed by atoms with Gasteiger partial charge in [-0.05, 0) is 42.2 Å². The molecule has 1 unspecified atom stereocenters. The number of amides is 2. The molecule has 0 saturated heterocycles. The third-order valence-electron chi connectivity index (χ3n) is 4.38. The summed E-state index contributed by atoms with van der Waals surface area (Å²) in [6.45, 7) is 0.490. The Hall–Kier alpha value is -2.63. The summed E-state index contributed by atoms with van der Waals surface area (Å²) in [6.07, 6.45) is 1.30. The van der Waals surface area contributed by atoms with Crippen molar-refractivity contribution in [1.29, 1.82) is 0 Å². The first-order valence-corrected chi connectivity index (χ1v) is 8.22. The van der Waals surface area contributed by atoms with E-state index in [0.717, 1.165) is 5.56 Å². The predicted octanol–water partition coefficient (Wildman–Crippen LogP) is 3.67. The summed E-state index contributed by atoms with van der Waals surface area (Å²) in [5.41, 5.74) is 1.52. The average molecular weight is 346 g/mol.